The summed E-state index contributed by atoms with van der Waals surface area (Å²) in [5.74, 6) is 0.493. The first-order valence-electron chi connectivity index (χ1n) is 6.87. The average Bonchev–Trinajstić information content (AvgIpc) is 2.40. The molecule has 0 aromatic heterocycles. The third kappa shape index (κ3) is 3.05. The minimum atomic E-state index is -4.35. The maximum atomic E-state index is 13.3. The standard InChI is InChI=1S/C15H19ClF3N/c1-10-4-3-7-20(11(10)2)14-6-5-12(9-16)8-13(14)15(17,18)19/h5-6,8,10-11H,3-4,7,9H2,1-2H3. The summed E-state index contributed by atoms with van der Waals surface area (Å²) >= 11 is 5.66. The summed E-state index contributed by atoms with van der Waals surface area (Å²) in [6.07, 6.45) is -2.35. The molecule has 2 atom stereocenters. The summed E-state index contributed by atoms with van der Waals surface area (Å²) in [7, 11) is 0. The molecule has 0 amide bonds. The lowest BCUT2D eigenvalue weighted by atomic mass is 9.91. The Kier molecular flexibility index (Phi) is 4.52. The zero-order chi connectivity index (χ0) is 14.9. The van der Waals surface area contributed by atoms with Gasteiger partial charge in [0.2, 0.25) is 0 Å². The van der Waals surface area contributed by atoms with E-state index in [2.05, 4.69) is 6.92 Å². The van der Waals surface area contributed by atoms with Crippen molar-refractivity contribution in [3.63, 3.8) is 0 Å². The molecule has 112 valence electrons. The Morgan fingerprint density at radius 3 is 2.60 bits per heavy atom. The molecule has 0 radical (unpaired) electrons. The van der Waals surface area contributed by atoms with E-state index in [1.807, 2.05) is 11.8 Å². The number of benzene rings is 1. The smallest absolute Gasteiger partial charge is 0.368 e. The molecular weight excluding hydrogens is 287 g/mol. The van der Waals surface area contributed by atoms with Gasteiger partial charge in [-0.2, -0.15) is 13.2 Å². The van der Waals surface area contributed by atoms with E-state index >= 15 is 0 Å². The summed E-state index contributed by atoms with van der Waals surface area (Å²) in [6.45, 7) is 4.77. The van der Waals surface area contributed by atoms with Crippen LogP contribution < -0.4 is 4.90 Å². The predicted molar refractivity (Wildman–Crippen MR) is 76.2 cm³/mol. The molecular formula is C15H19ClF3N. The number of anilines is 1. The van der Waals surface area contributed by atoms with Crippen LogP contribution in [0.3, 0.4) is 0 Å². The fourth-order valence-corrected chi connectivity index (χ4v) is 2.99. The molecule has 0 N–H and O–H groups in total. The minimum Gasteiger partial charge on any atom is -0.368 e. The van der Waals surface area contributed by atoms with Crippen LogP contribution in [0.25, 0.3) is 0 Å². The van der Waals surface area contributed by atoms with E-state index in [1.165, 1.54) is 6.07 Å². The third-order valence-electron chi connectivity index (χ3n) is 4.20. The summed E-state index contributed by atoms with van der Waals surface area (Å²) in [5, 5.41) is 0. The molecule has 1 aliphatic heterocycles. The van der Waals surface area contributed by atoms with Crippen molar-refractivity contribution >= 4 is 17.3 Å². The van der Waals surface area contributed by atoms with Crippen LogP contribution in [0.1, 0.15) is 37.8 Å². The Balaban J connectivity index is 2.45. The highest BCUT2D eigenvalue weighted by atomic mass is 35.5. The Labute approximate surface area is 122 Å². The zero-order valence-corrected chi connectivity index (χ0v) is 12.4. The lowest BCUT2D eigenvalue weighted by molar-refractivity contribution is -0.137. The third-order valence-corrected chi connectivity index (χ3v) is 4.51. The normalized spacial score (nSPS) is 24.0. The summed E-state index contributed by atoms with van der Waals surface area (Å²) in [4.78, 5) is 1.88. The summed E-state index contributed by atoms with van der Waals surface area (Å²) in [5.41, 5.74) is 0.211. The number of rotatable bonds is 2. The van der Waals surface area contributed by atoms with Gasteiger partial charge >= 0.3 is 6.18 Å². The first kappa shape index (κ1) is 15.5. The zero-order valence-electron chi connectivity index (χ0n) is 11.7. The molecule has 0 bridgehead atoms. The van der Waals surface area contributed by atoms with Crippen LogP contribution in [0.15, 0.2) is 18.2 Å². The topological polar surface area (TPSA) is 3.24 Å². The van der Waals surface area contributed by atoms with Crippen LogP contribution >= 0.6 is 11.6 Å². The van der Waals surface area contributed by atoms with E-state index in [9.17, 15) is 13.2 Å². The summed E-state index contributed by atoms with van der Waals surface area (Å²) in [6, 6.07) is 4.54. The van der Waals surface area contributed by atoms with Crippen LogP contribution in [0.5, 0.6) is 0 Å². The molecule has 1 aromatic carbocycles. The highest BCUT2D eigenvalue weighted by Crippen LogP contribution is 2.40. The highest BCUT2D eigenvalue weighted by Gasteiger charge is 2.37. The van der Waals surface area contributed by atoms with Gasteiger partial charge in [0, 0.05) is 24.2 Å². The number of piperidine rings is 1. The Morgan fingerprint density at radius 2 is 2.00 bits per heavy atom. The van der Waals surface area contributed by atoms with Crippen LogP contribution in [-0.2, 0) is 12.1 Å². The second-order valence-electron chi connectivity index (χ2n) is 5.54. The van der Waals surface area contributed by atoms with Gasteiger partial charge in [-0.3, -0.25) is 0 Å². The van der Waals surface area contributed by atoms with Crippen LogP contribution in [0.2, 0.25) is 0 Å². The van der Waals surface area contributed by atoms with Gasteiger partial charge in [0.1, 0.15) is 0 Å². The van der Waals surface area contributed by atoms with Crippen molar-refractivity contribution in [2.24, 2.45) is 5.92 Å². The van der Waals surface area contributed by atoms with Crippen molar-refractivity contribution < 1.29 is 13.2 Å². The Hall–Kier alpha value is -0.900. The molecule has 2 rings (SSSR count). The van der Waals surface area contributed by atoms with E-state index in [4.69, 9.17) is 11.6 Å². The molecule has 1 saturated heterocycles. The second kappa shape index (κ2) is 5.84. The van der Waals surface area contributed by atoms with Gasteiger partial charge < -0.3 is 4.90 Å². The first-order chi connectivity index (χ1) is 9.34. The first-order valence-corrected chi connectivity index (χ1v) is 7.40. The molecule has 0 spiro atoms. The van der Waals surface area contributed by atoms with Crippen LogP contribution in [-0.4, -0.2) is 12.6 Å². The van der Waals surface area contributed by atoms with Crippen molar-refractivity contribution in [2.75, 3.05) is 11.4 Å². The lowest BCUT2D eigenvalue weighted by Crippen LogP contribution is -2.43. The van der Waals surface area contributed by atoms with E-state index < -0.39 is 11.7 Å². The Bertz CT molecular complexity index is 473. The predicted octanol–water partition coefficient (Wildman–Crippen LogP) is 5.07. The SMILES string of the molecule is CC1CCCN(c2ccc(CCl)cc2C(F)(F)F)C1C. The van der Waals surface area contributed by atoms with Crippen molar-refractivity contribution in [3.05, 3.63) is 29.3 Å². The van der Waals surface area contributed by atoms with Gasteiger partial charge in [-0.15, -0.1) is 11.6 Å². The monoisotopic (exact) mass is 305 g/mol. The lowest BCUT2D eigenvalue weighted by Gasteiger charge is -2.40. The summed E-state index contributed by atoms with van der Waals surface area (Å²) < 4.78 is 39.8. The number of nitrogens with zero attached hydrogens (tertiary/aromatic N) is 1. The van der Waals surface area contributed by atoms with Gasteiger partial charge in [0.25, 0.3) is 0 Å². The molecule has 20 heavy (non-hydrogen) atoms. The minimum absolute atomic E-state index is 0.0926. The van der Waals surface area contributed by atoms with Gasteiger partial charge in [-0.25, -0.2) is 0 Å². The second-order valence-corrected chi connectivity index (χ2v) is 5.80. The van der Waals surface area contributed by atoms with Gasteiger partial charge in [0.05, 0.1) is 5.56 Å². The van der Waals surface area contributed by atoms with Gasteiger partial charge in [0.15, 0.2) is 0 Å². The van der Waals surface area contributed by atoms with E-state index in [0.717, 1.165) is 12.8 Å². The fourth-order valence-electron chi connectivity index (χ4n) is 2.82. The number of alkyl halides is 4. The molecule has 5 heteroatoms. The van der Waals surface area contributed by atoms with Gasteiger partial charge in [-0.05, 0) is 43.4 Å². The van der Waals surface area contributed by atoms with Crippen LogP contribution in [0.4, 0.5) is 18.9 Å². The number of halogens is 4. The fraction of sp³-hybridized carbons (Fsp3) is 0.600. The quantitative estimate of drug-likeness (QED) is 0.690. The Morgan fingerprint density at radius 1 is 1.30 bits per heavy atom. The van der Waals surface area contributed by atoms with E-state index in [-0.39, 0.29) is 17.6 Å². The van der Waals surface area contributed by atoms with Gasteiger partial charge in [-0.1, -0.05) is 13.0 Å². The average molecular weight is 306 g/mol. The van der Waals surface area contributed by atoms with Crippen molar-refractivity contribution in [1.82, 2.24) is 0 Å². The van der Waals surface area contributed by atoms with Crippen molar-refractivity contribution in [3.8, 4) is 0 Å². The molecule has 1 heterocycles. The molecule has 1 fully saturated rings. The maximum absolute atomic E-state index is 13.3. The molecule has 1 nitrogen and oxygen atoms in total. The number of hydrogen-bond acceptors (Lipinski definition) is 1. The molecule has 1 aliphatic rings. The van der Waals surface area contributed by atoms with E-state index in [1.54, 1.807) is 12.1 Å². The molecule has 2 unspecified atom stereocenters. The van der Waals surface area contributed by atoms with Crippen LogP contribution in [0, 0.1) is 5.92 Å². The molecule has 1 aromatic rings. The largest absolute Gasteiger partial charge is 0.418 e. The molecule has 0 aliphatic carbocycles. The van der Waals surface area contributed by atoms with E-state index in [0.29, 0.717) is 18.0 Å². The molecule has 0 saturated carbocycles. The number of hydrogen-bond donors (Lipinski definition) is 0. The van der Waals surface area contributed by atoms with Crippen molar-refractivity contribution in [2.45, 2.75) is 44.8 Å². The highest BCUT2D eigenvalue weighted by molar-refractivity contribution is 6.17. The maximum Gasteiger partial charge on any atom is 0.418 e. The van der Waals surface area contributed by atoms with Crippen molar-refractivity contribution in [1.29, 1.82) is 0 Å².